The second-order valence-corrected chi connectivity index (χ2v) is 13.3. The lowest BCUT2D eigenvalue weighted by molar-refractivity contribution is 0.0679. The summed E-state index contributed by atoms with van der Waals surface area (Å²) in [6.45, 7) is 7.81. The van der Waals surface area contributed by atoms with Crippen LogP contribution in [0.1, 0.15) is 53.5 Å². The smallest absolute Gasteiger partial charge is 0.335 e. The third kappa shape index (κ3) is 4.77. The molecule has 208 valence electrons. The van der Waals surface area contributed by atoms with Gasteiger partial charge in [0.2, 0.25) is 0 Å². The van der Waals surface area contributed by atoms with E-state index in [1.807, 2.05) is 53.4 Å². The highest BCUT2D eigenvalue weighted by molar-refractivity contribution is 9.13. The third-order valence-electron chi connectivity index (χ3n) is 8.48. The minimum atomic E-state index is -0.927. The van der Waals surface area contributed by atoms with Gasteiger partial charge >= 0.3 is 5.97 Å². The SMILES string of the molecule is CC12CC=C(c3ccc(C(=O)O)cc3)C(C)(C)C1=CCN(C(=O)c1ccccc1-c1nc3cc(Br)c(Br)cc3[nH]1)C2. The van der Waals surface area contributed by atoms with E-state index in [0.29, 0.717) is 24.5 Å². The molecule has 2 N–H and O–H groups in total. The average Bonchev–Trinajstić information content (AvgIpc) is 3.34. The van der Waals surface area contributed by atoms with E-state index in [0.717, 1.165) is 37.5 Å². The van der Waals surface area contributed by atoms with Gasteiger partial charge in [-0.2, -0.15) is 0 Å². The number of carboxylic acids is 1. The number of allylic oxidation sites excluding steroid dienone is 2. The molecule has 1 atom stereocenters. The predicted octanol–water partition coefficient (Wildman–Crippen LogP) is 8.36. The number of nitrogens with one attached hydrogen (secondary N) is 1. The van der Waals surface area contributed by atoms with Crippen molar-refractivity contribution in [1.82, 2.24) is 14.9 Å². The quantitative estimate of drug-likeness (QED) is 0.213. The zero-order chi connectivity index (χ0) is 29.1. The summed E-state index contributed by atoms with van der Waals surface area (Å²) in [4.78, 5) is 35.5. The Hall–Kier alpha value is -3.49. The summed E-state index contributed by atoms with van der Waals surface area (Å²) >= 11 is 7.10. The van der Waals surface area contributed by atoms with Crippen LogP contribution in [-0.4, -0.2) is 44.9 Å². The van der Waals surface area contributed by atoms with Crippen molar-refractivity contribution in [2.24, 2.45) is 10.8 Å². The van der Waals surface area contributed by atoms with Gasteiger partial charge in [-0.25, -0.2) is 9.78 Å². The topological polar surface area (TPSA) is 86.3 Å². The minimum absolute atomic E-state index is 0.0169. The van der Waals surface area contributed by atoms with Gasteiger partial charge in [0.25, 0.3) is 5.91 Å². The molecule has 1 aliphatic carbocycles. The molecule has 0 saturated heterocycles. The Kier molecular flexibility index (Phi) is 6.82. The number of nitrogens with zero attached hydrogens (tertiary/aromatic N) is 2. The van der Waals surface area contributed by atoms with Crippen LogP contribution in [0.2, 0.25) is 0 Å². The van der Waals surface area contributed by atoms with Gasteiger partial charge in [0, 0.05) is 38.4 Å². The average molecular weight is 675 g/mol. The number of carbonyl (C=O) groups excluding carboxylic acids is 1. The number of imidazole rings is 1. The number of H-pyrrole nitrogens is 1. The molecule has 6 rings (SSSR count). The Morgan fingerprint density at radius 1 is 0.976 bits per heavy atom. The summed E-state index contributed by atoms with van der Waals surface area (Å²) < 4.78 is 1.85. The number of rotatable bonds is 4. The summed E-state index contributed by atoms with van der Waals surface area (Å²) in [6.07, 6.45) is 5.27. The summed E-state index contributed by atoms with van der Waals surface area (Å²) in [5.74, 6) is -0.283. The van der Waals surface area contributed by atoms with E-state index in [1.54, 1.807) is 12.1 Å². The second kappa shape index (κ2) is 10.1. The fourth-order valence-electron chi connectivity index (χ4n) is 6.54. The molecule has 0 radical (unpaired) electrons. The number of hydrogen-bond acceptors (Lipinski definition) is 3. The molecule has 8 heteroatoms. The first-order valence-electron chi connectivity index (χ1n) is 13.5. The number of carbonyl (C=O) groups is 2. The maximum Gasteiger partial charge on any atom is 0.335 e. The summed E-state index contributed by atoms with van der Waals surface area (Å²) in [5, 5.41) is 9.30. The van der Waals surface area contributed by atoms with Crippen LogP contribution in [0.3, 0.4) is 0 Å². The van der Waals surface area contributed by atoms with Crippen LogP contribution in [-0.2, 0) is 0 Å². The van der Waals surface area contributed by atoms with Gasteiger partial charge in [-0.1, -0.05) is 68.8 Å². The van der Waals surface area contributed by atoms with Gasteiger partial charge in [0.1, 0.15) is 5.82 Å². The Labute approximate surface area is 255 Å². The number of aromatic nitrogens is 2. The molecule has 1 amide bonds. The van der Waals surface area contributed by atoms with E-state index in [1.165, 1.54) is 11.1 Å². The van der Waals surface area contributed by atoms with Crippen molar-refractivity contribution >= 4 is 60.3 Å². The van der Waals surface area contributed by atoms with Crippen molar-refractivity contribution < 1.29 is 14.7 Å². The van der Waals surface area contributed by atoms with Crippen molar-refractivity contribution in [2.75, 3.05) is 13.1 Å². The standard InChI is InChI=1S/C33H29Br2N3O3/c1-32(2)23(19-8-10-20(11-9-19)31(40)41)12-14-33(3)18-38(15-13-28(32)33)30(39)22-7-5-4-6-21(22)29-36-26-16-24(34)25(35)17-27(26)37-29/h4-13,16-17H,14-15,18H2,1-3H3,(H,36,37)(H,40,41). The summed E-state index contributed by atoms with van der Waals surface area (Å²) in [6, 6.07) is 18.7. The lowest BCUT2D eigenvalue weighted by Crippen LogP contribution is -2.48. The van der Waals surface area contributed by atoms with Gasteiger partial charge in [0.05, 0.1) is 22.2 Å². The molecule has 3 aromatic carbocycles. The predicted molar refractivity (Wildman–Crippen MR) is 169 cm³/mol. The number of halogens is 2. The van der Waals surface area contributed by atoms with Crippen molar-refractivity contribution in [1.29, 1.82) is 0 Å². The van der Waals surface area contributed by atoms with Crippen molar-refractivity contribution in [2.45, 2.75) is 27.2 Å². The first-order valence-corrected chi connectivity index (χ1v) is 15.1. The summed E-state index contributed by atoms with van der Waals surface area (Å²) in [7, 11) is 0. The zero-order valence-electron chi connectivity index (χ0n) is 23.0. The van der Waals surface area contributed by atoms with Crippen LogP contribution in [0.25, 0.3) is 28.0 Å². The van der Waals surface area contributed by atoms with Crippen LogP contribution < -0.4 is 0 Å². The lowest BCUT2D eigenvalue weighted by atomic mass is 9.58. The van der Waals surface area contributed by atoms with Crippen LogP contribution >= 0.6 is 31.9 Å². The van der Waals surface area contributed by atoms with Crippen LogP contribution in [0.15, 0.2) is 87.3 Å². The Morgan fingerprint density at radius 3 is 2.41 bits per heavy atom. The van der Waals surface area contributed by atoms with Crippen molar-refractivity contribution in [3.05, 3.63) is 104 Å². The highest BCUT2D eigenvalue weighted by Crippen LogP contribution is 2.55. The first kappa shape index (κ1) is 27.7. The summed E-state index contributed by atoms with van der Waals surface area (Å²) in [5.41, 5.74) is 6.44. The molecular formula is C33H29Br2N3O3. The fourth-order valence-corrected chi connectivity index (χ4v) is 7.21. The highest BCUT2D eigenvalue weighted by Gasteiger charge is 2.46. The van der Waals surface area contributed by atoms with Gasteiger partial charge in [0.15, 0.2) is 0 Å². The monoisotopic (exact) mass is 673 g/mol. The van der Waals surface area contributed by atoms with E-state index in [2.05, 4.69) is 69.8 Å². The third-order valence-corrected chi connectivity index (χ3v) is 10.3. The van der Waals surface area contributed by atoms with Crippen LogP contribution in [0.5, 0.6) is 0 Å². The largest absolute Gasteiger partial charge is 0.478 e. The molecule has 0 spiro atoms. The fraction of sp³-hybridized carbons (Fsp3) is 0.242. The molecule has 1 unspecified atom stereocenters. The number of amides is 1. The molecule has 0 bridgehead atoms. The normalized spacial score (nSPS) is 19.9. The van der Waals surface area contributed by atoms with Gasteiger partial charge in [-0.15, -0.1) is 0 Å². The van der Waals surface area contributed by atoms with E-state index in [4.69, 9.17) is 4.98 Å². The molecule has 6 nitrogen and oxygen atoms in total. The van der Waals surface area contributed by atoms with Crippen molar-refractivity contribution in [3.63, 3.8) is 0 Å². The Morgan fingerprint density at radius 2 is 1.68 bits per heavy atom. The van der Waals surface area contributed by atoms with E-state index in [-0.39, 0.29) is 22.3 Å². The zero-order valence-corrected chi connectivity index (χ0v) is 26.1. The van der Waals surface area contributed by atoms with E-state index >= 15 is 0 Å². The Balaban J connectivity index is 1.30. The van der Waals surface area contributed by atoms with Crippen LogP contribution in [0, 0.1) is 10.8 Å². The number of benzene rings is 3. The second-order valence-electron chi connectivity index (χ2n) is 11.6. The molecule has 0 saturated carbocycles. The Bertz CT molecular complexity index is 1750. The van der Waals surface area contributed by atoms with Gasteiger partial charge in [-0.3, -0.25) is 4.79 Å². The molecule has 4 aromatic rings. The van der Waals surface area contributed by atoms with E-state index < -0.39 is 5.97 Å². The first-order chi connectivity index (χ1) is 19.5. The van der Waals surface area contributed by atoms with Gasteiger partial charge < -0.3 is 15.0 Å². The lowest BCUT2D eigenvalue weighted by Gasteiger charge is -2.50. The number of aromatic amines is 1. The number of carboxylic acid groups (broad SMARTS) is 1. The molecule has 0 fully saturated rings. The van der Waals surface area contributed by atoms with Gasteiger partial charge in [-0.05, 0) is 79.7 Å². The molecule has 41 heavy (non-hydrogen) atoms. The highest BCUT2D eigenvalue weighted by atomic mass is 79.9. The minimum Gasteiger partial charge on any atom is -0.478 e. The molecular weight excluding hydrogens is 646 g/mol. The van der Waals surface area contributed by atoms with Crippen molar-refractivity contribution in [3.8, 4) is 11.4 Å². The number of aromatic carboxylic acids is 1. The molecule has 1 aromatic heterocycles. The maximum absolute atomic E-state index is 14.0. The van der Waals surface area contributed by atoms with Crippen LogP contribution in [0.4, 0.5) is 0 Å². The molecule has 1 aliphatic heterocycles. The number of fused-ring (bicyclic) bond motifs is 2. The van der Waals surface area contributed by atoms with E-state index in [9.17, 15) is 14.7 Å². The molecule has 2 heterocycles. The number of hydrogen-bond donors (Lipinski definition) is 2. The molecule has 2 aliphatic rings. The maximum atomic E-state index is 14.0.